The molecule has 0 heterocycles. The molecule has 0 aliphatic rings. The van der Waals surface area contributed by atoms with Gasteiger partial charge < -0.3 is 10.0 Å². The van der Waals surface area contributed by atoms with Crippen molar-refractivity contribution in [3.05, 3.63) is 0 Å². The van der Waals surface area contributed by atoms with Crippen molar-refractivity contribution in [3.8, 4) is 0 Å². The molecule has 0 saturated heterocycles. The van der Waals surface area contributed by atoms with Crippen LogP contribution in [0, 0.1) is 5.92 Å². The third-order valence-corrected chi connectivity index (χ3v) is 3.04. The summed E-state index contributed by atoms with van der Waals surface area (Å²) in [5.41, 5.74) is 0. The Hall–Kier alpha value is -0.0800. The van der Waals surface area contributed by atoms with Gasteiger partial charge in [-0.15, -0.1) is 0 Å². The molecule has 2 nitrogen and oxygen atoms in total. The fourth-order valence-electron chi connectivity index (χ4n) is 1.86. The number of hydrogen-bond donors (Lipinski definition) is 1. The number of hydrogen-bond acceptors (Lipinski definition) is 2. The van der Waals surface area contributed by atoms with E-state index in [0.29, 0.717) is 0 Å². The van der Waals surface area contributed by atoms with Gasteiger partial charge >= 0.3 is 0 Å². The predicted molar refractivity (Wildman–Crippen MR) is 67.1 cm³/mol. The Labute approximate surface area is 95.7 Å². The summed E-state index contributed by atoms with van der Waals surface area (Å²) in [6.45, 7) is 8.60. The highest BCUT2D eigenvalue weighted by molar-refractivity contribution is 4.63. The van der Waals surface area contributed by atoms with Gasteiger partial charge in [0.05, 0.1) is 6.10 Å². The minimum absolute atomic E-state index is 0.164. The fraction of sp³-hybridized carbons (Fsp3) is 1.00. The summed E-state index contributed by atoms with van der Waals surface area (Å²) in [6.07, 6.45) is 6.01. The van der Waals surface area contributed by atoms with Crippen LogP contribution in [-0.2, 0) is 0 Å². The van der Waals surface area contributed by atoms with Crippen LogP contribution in [0.4, 0.5) is 0 Å². The van der Waals surface area contributed by atoms with Gasteiger partial charge in [0, 0.05) is 13.1 Å². The molecular formula is C13H29NO. The highest BCUT2D eigenvalue weighted by Gasteiger charge is 2.09. The number of rotatable bonds is 9. The van der Waals surface area contributed by atoms with E-state index in [2.05, 4.69) is 25.8 Å². The quantitative estimate of drug-likeness (QED) is 0.639. The van der Waals surface area contributed by atoms with Gasteiger partial charge in [-0.25, -0.2) is 0 Å². The van der Waals surface area contributed by atoms with Gasteiger partial charge in [0.2, 0.25) is 0 Å². The molecule has 1 N–H and O–H groups in total. The zero-order valence-electron chi connectivity index (χ0n) is 11.0. The highest BCUT2D eigenvalue weighted by Crippen LogP contribution is 2.13. The molecule has 0 rings (SSSR count). The molecule has 0 aromatic carbocycles. The van der Waals surface area contributed by atoms with Crippen molar-refractivity contribution < 1.29 is 5.11 Å². The van der Waals surface area contributed by atoms with Gasteiger partial charge in [-0.1, -0.05) is 33.1 Å². The van der Waals surface area contributed by atoms with E-state index in [-0.39, 0.29) is 6.10 Å². The Balaban J connectivity index is 3.64. The fourth-order valence-corrected chi connectivity index (χ4v) is 1.86. The highest BCUT2D eigenvalue weighted by atomic mass is 16.3. The van der Waals surface area contributed by atoms with Crippen LogP contribution in [0.5, 0.6) is 0 Å². The molecule has 0 spiro atoms. The standard InChI is InChI=1S/C13H29NO/c1-5-7-8-13(6-2)11-14(4)10-9-12(3)15/h12-13,15H,5-11H2,1-4H3. The number of unbranched alkanes of at least 4 members (excludes halogenated alkanes) is 1. The molecular weight excluding hydrogens is 186 g/mol. The van der Waals surface area contributed by atoms with E-state index in [9.17, 15) is 5.11 Å². The predicted octanol–water partition coefficient (Wildman–Crippen LogP) is 2.91. The Morgan fingerprint density at radius 1 is 1.20 bits per heavy atom. The lowest BCUT2D eigenvalue weighted by molar-refractivity contribution is 0.157. The lowest BCUT2D eigenvalue weighted by Crippen LogP contribution is -2.28. The van der Waals surface area contributed by atoms with Crippen LogP contribution in [0.2, 0.25) is 0 Å². The summed E-state index contributed by atoms with van der Waals surface area (Å²) < 4.78 is 0. The monoisotopic (exact) mass is 215 g/mol. The van der Waals surface area contributed by atoms with Gasteiger partial charge in [-0.05, 0) is 32.7 Å². The summed E-state index contributed by atoms with van der Waals surface area (Å²) in [5, 5.41) is 9.21. The van der Waals surface area contributed by atoms with Crippen LogP contribution in [0.15, 0.2) is 0 Å². The molecule has 0 radical (unpaired) electrons. The summed E-state index contributed by atoms with van der Waals surface area (Å²) >= 11 is 0. The maximum atomic E-state index is 9.21. The Kier molecular flexibility index (Phi) is 9.12. The first-order valence-corrected chi connectivity index (χ1v) is 6.46. The third kappa shape index (κ3) is 8.88. The van der Waals surface area contributed by atoms with Crippen LogP contribution in [0.25, 0.3) is 0 Å². The summed E-state index contributed by atoms with van der Waals surface area (Å²) in [5.74, 6) is 0.837. The average Bonchev–Trinajstić information content (AvgIpc) is 2.21. The number of nitrogens with zero attached hydrogens (tertiary/aromatic N) is 1. The van der Waals surface area contributed by atoms with E-state index in [1.165, 1.54) is 32.2 Å². The molecule has 0 bridgehead atoms. The van der Waals surface area contributed by atoms with Crippen molar-refractivity contribution in [2.24, 2.45) is 5.92 Å². The van der Waals surface area contributed by atoms with E-state index in [1.807, 2.05) is 6.92 Å². The lowest BCUT2D eigenvalue weighted by atomic mass is 9.99. The van der Waals surface area contributed by atoms with Crippen LogP contribution in [0.3, 0.4) is 0 Å². The summed E-state index contributed by atoms with van der Waals surface area (Å²) in [4.78, 5) is 2.36. The molecule has 2 heteroatoms. The van der Waals surface area contributed by atoms with E-state index < -0.39 is 0 Å². The molecule has 15 heavy (non-hydrogen) atoms. The van der Waals surface area contributed by atoms with Crippen LogP contribution in [0.1, 0.15) is 52.9 Å². The largest absolute Gasteiger partial charge is 0.393 e. The first-order chi connectivity index (χ1) is 7.10. The van der Waals surface area contributed by atoms with Crippen LogP contribution < -0.4 is 0 Å². The Morgan fingerprint density at radius 2 is 1.87 bits per heavy atom. The van der Waals surface area contributed by atoms with E-state index in [1.54, 1.807) is 0 Å². The first-order valence-electron chi connectivity index (χ1n) is 6.46. The van der Waals surface area contributed by atoms with Crippen LogP contribution in [-0.4, -0.2) is 36.2 Å². The van der Waals surface area contributed by atoms with Gasteiger partial charge in [-0.3, -0.25) is 0 Å². The second-order valence-electron chi connectivity index (χ2n) is 4.82. The Bertz CT molecular complexity index is 136. The van der Waals surface area contributed by atoms with Crippen molar-refractivity contribution in [1.82, 2.24) is 4.90 Å². The topological polar surface area (TPSA) is 23.5 Å². The van der Waals surface area contributed by atoms with Crippen molar-refractivity contribution in [1.29, 1.82) is 0 Å². The maximum Gasteiger partial charge on any atom is 0.0524 e. The third-order valence-electron chi connectivity index (χ3n) is 3.04. The normalized spacial score (nSPS) is 15.6. The number of aliphatic hydroxyl groups is 1. The summed E-state index contributed by atoms with van der Waals surface area (Å²) in [6, 6.07) is 0. The molecule has 0 aromatic heterocycles. The van der Waals surface area contributed by atoms with E-state index in [0.717, 1.165) is 18.9 Å². The maximum absolute atomic E-state index is 9.21. The van der Waals surface area contributed by atoms with Gasteiger partial charge in [0.1, 0.15) is 0 Å². The van der Waals surface area contributed by atoms with E-state index in [4.69, 9.17) is 0 Å². The molecule has 0 aliphatic carbocycles. The second kappa shape index (κ2) is 9.17. The first kappa shape index (κ1) is 14.9. The van der Waals surface area contributed by atoms with Crippen molar-refractivity contribution in [3.63, 3.8) is 0 Å². The molecule has 0 aromatic rings. The smallest absolute Gasteiger partial charge is 0.0524 e. The van der Waals surface area contributed by atoms with Gasteiger partial charge in [0.25, 0.3) is 0 Å². The molecule has 0 amide bonds. The molecule has 2 atom stereocenters. The SMILES string of the molecule is CCCCC(CC)CN(C)CCC(C)O. The lowest BCUT2D eigenvalue weighted by Gasteiger charge is -2.23. The molecule has 0 saturated carbocycles. The zero-order valence-corrected chi connectivity index (χ0v) is 11.0. The second-order valence-corrected chi connectivity index (χ2v) is 4.82. The molecule has 2 unspecified atom stereocenters. The van der Waals surface area contributed by atoms with Gasteiger partial charge in [-0.2, -0.15) is 0 Å². The zero-order chi connectivity index (χ0) is 11.7. The van der Waals surface area contributed by atoms with Gasteiger partial charge in [0.15, 0.2) is 0 Å². The van der Waals surface area contributed by atoms with Crippen LogP contribution >= 0.6 is 0 Å². The summed E-state index contributed by atoms with van der Waals surface area (Å²) in [7, 11) is 2.16. The average molecular weight is 215 g/mol. The van der Waals surface area contributed by atoms with Crippen molar-refractivity contribution in [2.45, 2.75) is 59.0 Å². The minimum atomic E-state index is -0.164. The Morgan fingerprint density at radius 3 is 2.33 bits per heavy atom. The molecule has 92 valence electrons. The van der Waals surface area contributed by atoms with E-state index >= 15 is 0 Å². The van der Waals surface area contributed by atoms with Crippen molar-refractivity contribution in [2.75, 3.05) is 20.1 Å². The number of aliphatic hydroxyl groups excluding tert-OH is 1. The molecule has 0 fully saturated rings. The van der Waals surface area contributed by atoms with Crippen molar-refractivity contribution >= 4 is 0 Å². The molecule has 0 aliphatic heterocycles. The minimum Gasteiger partial charge on any atom is -0.393 e.